The number of ether oxygens (including phenoxy) is 2. The number of likely N-dealkylation sites (tertiary alicyclic amines) is 1. The zero-order valence-corrected chi connectivity index (χ0v) is 19.8. The summed E-state index contributed by atoms with van der Waals surface area (Å²) in [7, 11) is 3.26. The van der Waals surface area contributed by atoms with E-state index in [-0.39, 0.29) is 22.9 Å². The zero-order chi connectivity index (χ0) is 24.0. The maximum atomic E-state index is 12.3. The average Bonchev–Trinajstić information content (AvgIpc) is 3.15. The largest absolute Gasteiger partial charge is 0.490 e. The lowest BCUT2D eigenvalue weighted by atomic mass is 9.72. The number of nitrogens with zero attached hydrogens (tertiary/aromatic N) is 5. The summed E-state index contributed by atoms with van der Waals surface area (Å²) in [6.45, 7) is 8.60. The smallest absolute Gasteiger partial charge is 0.410 e. The summed E-state index contributed by atoms with van der Waals surface area (Å²) in [5, 5.41) is 15.8. The first-order valence-electron chi connectivity index (χ1n) is 11.1. The standard InChI is InChI=1S/C23H31N5O5/c1-22(2,3)33-21(29)27-14-23(15-27)6-8-26(9-7-23)18-11-20(32-5)19(28(30)31)10-17(18)16-12-24-25(4)13-16/h10-13H,6-9,14-15H2,1-5H3. The van der Waals surface area contributed by atoms with E-state index in [0.29, 0.717) is 13.1 Å². The molecule has 0 saturated carbocycles. The van der Waals surface area contributed by atoms with Crippen LogP contribution in [0.15, 0.2) is 24.5 Å². The van der Waals surface area contributed by atoms with E-state index in [4.69, 9.17) is 9.47 Å². The van der Waals surface area contributed by atoms with Crippen molar-refractivity contribution in [2.24, 2.45) is 12.5 Å². The van der Waals surface area contributed by atoms with Gasteiger partial charge in [-0.05, 0) is 33.6 Å². The van der Waals surface area contributed by atoms with Gasteiger partial charge in [-0.1, -0.05) is 0 Å². The van der Waals surface area contributed by atoms with Crippen LogP contribution < -0.4 is 9.64 Å². The van der Waals surface area contributed by atoms with Gasteiger partial charge in [-0.2, -0.15) is 5.10 Å². The number of nitro groups is 1. The van der Waals surface area contributed by atoms with E-state index < -0.39 is 10.5 Å². The van der Waals surface area contributed by atoms with Gasteiger partial charge in [0.05, 0.1) is 18.2 Å². The zero-order valence-electron chi connectivity index (χ0n) is 19.8. The normalized spacial score (nSPS) is 17.6. The Kier molecular flexibility index (Phi) is 5.71. The van der Waals surface area contributed by atoms with Gasteiger partial charge >= 0.3 is 11.8 Å². The lowest BCUT2D eigenvalue weighted by Gasteiger charge is -2.54. The number of nitro benzene ring substituents is 1. The Labute approximate surface area is 193 Å². The highest BCUT2D eigenvalue weighted by Gasteiger charge is 2.48. The first-order valence-corrected chi connectivity index (χ1v) is 11.1. The molecule has 2 aliphatic heterocycles. The van der Waals surface area contributed by atoms with E-state index in [0.717, 1.165) is 42.7 Å². The number of carbonyl (C=O) groups excluding carboxylic acids is 1. The third kappa shape index (κ3) is 4.60. The van der Waals surface area contributed by atoms with Crippen LogP contribution in [-0.2, 0) is 11.8 Å². The van der Waals surface area contributed by atoms with Crippen molar-refractivity contribution in [2.45, 2.75) is 39.2 Å². The molecule has 0 atom stereocenters. The van der Waals surface area contributed by atoms with Crippen LogP contribution in [0.25, 0.3) is 11.1 Å². The fourth-order valence-corrected chi connectivity index (χ4v) is 4.67. The van der Waals surface area contributed by atoms with Crippen LogP contribution in [-0.4, -0.2) is 64.6 Å². The molecule has 178 valence electrons. The predicted molar refractivity (Wildman–Crippen MR) is 124 cm³/mol. The van der Waals surface area contributed by atoms with Crippen molar-refractivity contribution in [3.8, 4) is 16.9 Å². The Hall–Kier alpha value is -3.30. The molecule has 0 radical (unpaired) electrons. The molecule has 2 aliphatic rings. The molecule has 10 nitrogen and oxygen atoms in total. The monoisotopic (exact) mass is 457 g/mol. The highest BCUT2D eigenvalue weighted by Crippen LogP contribution is 2.45. The molecule has 2 fully saturated rings. The SMILES string of the molecule is COc1cc(N2CCC3(CC2)CN(C(=O)OC(C)(C)C)C3)c(-c2cnn(C)c2)cc1[N+](=O)[O-]. The topological polar surface area (TPSA) is 103 Å². The minimum atomic E-state index is -0.499. The van der Waals surface area contributed by atoms with Crippen LogP contribution >= 0.6 is 0 Å². The van der Waals surface area contributed by atoms with Gasteiger partial charge in [0.2, 0.25) is 0 Å². The number of piperidine rings is 1. The van der Waals surface area contributed by atoms with Crippen LogP contribution in [0.4, 0.5) is 16.2 Å². The van der Waals surface area contributed by atoms with E-state index >= 15 is 0 Å². The molecule has 33 heavy (non-hydrogen) atoms. The van der Waals surface area contributed by atoms with Gasteiger partial charge in [0.25, 0.3) is 0 Å². The van der Waals surface area contributed by atoms with Crippen LogP contribution in [0.1, 0.15) is 33.6 Å². The van der Waals surface area contributed by atoms with Crippen LogP contribution in [0, 0.1) is 15.5 Å². The second-order valence-electron chi connectivity index (χ2n) is 10.0. The van der Waals surface area contributed by atoms with E-state index in [9.17, 15) is 14.9 Å². The summed E-state index contributed by atoms with van der Waals surface area (Å²) < 4.78 is 12.5. The molecule has 2 aromatic rings. The molecule has 4 rings (SSSR count). The minimum absolute atomic E-state index is 0.0689. The van der Waals surface area contributed by atoms with Gasteiger partial charge in [0, 0.05) is 73.8 Å². The summed E-state index contributed by atoms with van der Waals surface area (Å²) in [6.07, 6.45) is 5.17. The Balaban J connectivity index is 1.53. The number of amides is 1. The highest BCUT2D eigenvalue weighted by atomic mass is 16.6. The molecule has 0 N–H and O–H groups in total. The van der Waals surface area contributed by atoms with E-state index in [1.807, 2.05) is 34.0 Å². The number of carbonyl (C=O) groups is 1. The number of hydrogen-bond acceptors (Lipinski definition) is 7. The lowest BCUT2D eigenvalue weighted by Crippen LogP contribution is -2.62. The Bertz CT molecular complexity index is 1060. The number of aryl methyl sites for hydroxylation is 1. The molecule has 0 bridgehead atoms. The van der Waals surface area contributed by atoms with Gasteiger partial charge < -0.3 is 19.3 Å². The van der Waals surface area contributed by atoms with Crippen molar-refractivity contribution in [1.29, 1.82) is 0 Å². The third-order valence-corrected chi connectivity index (χ3v) is 6.38. The molecule has 1 aromatic heterocycles. The fraction of sp³-hybridized carbons (Fsp3) is 0.565. The van der Waals surface area contributed by atoms with Crippen molar-refractivity contribution in [3.63, 3.8) is 0 Å². The van der Waals surface area contributed by atoms with E-state index in [2.05, 4.69) is 10.00 Å². The van der Waals surface area contributed by atoms with Gasteiger partial charge in [0.1, 0.15) is 5.60 Å². The van der Waals surface area contributed by atoms with Crippen molar-refractivity contribution in [1.82, 2.24) is 14.7 Å². The second kappa shape index (κ2) is 8.24. The Morgan fingerprint density at radius 2 is 1.88 bits per heavy atom. The number of anilines is 1. The maximum Gasteiger partial charge on any atom is 0.410 e. The first kappa shape index (κ1) is 22.9. The van der Waals surface area contributed by atoms with Gasteiger partial charge in [-0.15, -0.1) is 0 Å². The summed E-state index contributed by atoms with van der Waals surface area (Å²) in [5.41, 5.74) is 2.01. The van der Waals surface area contributed by atoms with E-state index in [1.54, 1.807) is 27.9 Å². The predicted octanol–water partition coefficient (Wildman–Crippen LogP) is 3.84. The van der Waals surface area contributed by atoms with E-state index in [1.165, 1.54) is 7.11 Å². The molecule has 1 spiro atoms. The highest BCUT2D eigenvalue weighted by molar-refractivity contribution is 5.82. The molecule has 0 aliphatic carbocycles. The maximum absolute atomic E-state index is 12.3. The van der Waals surface area contributed by atoms with Crippen LogP contribution in [0.2, 0.25) is 0 Å². The molecule has 3 heterocycles. The quantitative estimate of drug-likeness (QED) is 0.508. The Morgan fingerprint density at radius 3 is 2.39 bits per heavy atom. The van der Waals surface area contributed by atoms with Gasteiger partial charge in [-0.3, -0.25) is 14.8 Å². The molecule has 0 unspecified atom stereocenters. The Morgan fingerprint density at radius 1 is 1.21 bits per heavy atom. The second-order valence-corrected chi connectivity index (χ2v) is 10.0. The van der Waals surface area contributed by atoms with Gasteiger partial charge in [-0.25, -0.2) is 4.79 Å². The molecule has 1 aromatic carbocycles. The molecular weight excluding hydrogens is 426 g/mol. The molecule has 1 amide bonds. The van der Waals surface area contributed by atoms with Gasteiger partial charge in [0.15, 0.2) is 5.75 Å². The van der Waals surface area contributed by atoms with Crippen molar-refractivity contribution < 1.29 is 19.2 Å². The fourth-order valence-electron chi connectivity index (χ4n) is 4.67. The average molecular weight is 458 g/mol. The summed E-state index contributed by atoms with van der Waals surface area (Å²) in [5.74, 6) is 0.239. The summed E-state index contributed by atoms with van der Waals surface area (Å²) in [4.78, 5) is 27.5. The number of aromatic nitrogens is 2. The minimum Gasteiger partial charge on any atom is -0.490 e. The van der Waals surface area contributed by atoms with Crippen LogP contribution in [0.5, 0.6) is 5.75 Å². The molecule has 2 saturated heterocycles. The number of methoxy groups -OCH3 is 1. The van der Waals surface area contributed by atoms with Crippen molar-refractivity contribution >= 4 is 17.5 Å². The first-order chi connectivity index (χ1) is 15.5. The van der Waals surface area contributed by atoms with Crippen LogP contribution in [0.3, 0.4) is 0 Å². The summed E-state index contributed by atoms with van der Waals surface area (Å²) in [6, 6.07) is 3.33. The van der Waals surface area contributed by atoms with Crippen molar-refractivity contribution in [3.05, 3.63) is 34.6 Å². The summed E-state index contributed by atoms with van der Waals surface area (Å²) >= 11 is 0. The third-order valence-electron chi connectivity index (χ3n) is 6.38. The number of benzene rings is 1. The number of rotatable bonds is 4. The molecular formula is C23H31N5O5. The van der Waals surface area contributed by atoms with Crippen molar-refractivity contribution in [2.75, 3.05) is 38.2 Å². The lowest BCUT2D eigenvalue weighted by molar-refractivity contribution is -0.385. The molecule has 10 heteroatoms. The number of hydrogen-bond donors (Lipinski definition) is 0.